The lowest BCUT2D eigenvalue weighted by atomic mass is 9.92. The van der Waals surface area contributed by atoms with Crippen LogP contribution in [0.5, 0.6) is 0 Å². The van der Waals surface area contributed by atoms with Crippen LogP contribution in [-0.4, -0.2) is 46.2 Å². The predicted octanol–water partition coefficient (Wildman–Crippen LogP) is 1.14. The van der Waals surface area contributed by atoms with E-state index < -0.39 is 5.60 Å². The van der Waals surface area contributed by atoms with Gasteiger partial charge in [0.05, 0.1) is 11.3 Å². The molecule has 7 nitrogen and oxygen atoms in total. The molecule has 23 heavy (non-hydrogen) atoms. The number of hydrogen-bond acceptors (Lipinski definition) is 6. The van der Waals surface area contributed by atoms with Gasteiger partial charge in [0.25, 0.3) is 5.91 Å². The van der Waals surface area contributed by atoms with Gasteiger partial charge < -0.3 is 19.7 Å². The van der Waals surface area contributed by atoms with Crippen LogP contribution in [0.25, 0.3) is 0 Å². The van der Waals surface area contributed by atoms with E-state index in [2.05, 4.69) is 15.3 Å². The molecular weight excluding hydrogens is 296 g/mol. The van der Waals surface area contributed by atoms with E-state index in [1.165, 1.54) is 6.39 Å². The molecule has 1 unspecified atom stereocenters. The highest BCUT2D eigenvalue weighted by Crippen LogP contribution is 2.24. The summed E-state index contributed by atoms with van der Waals surface area (Å²) >= 11 is 0. The van der Waals surface area contributed by atoms with Crippen molar-refractivity contribution in [3.05, 3.63) is 42.2 Å². The topological polar surface area (TPSA) is 91.5 Å². The number of oxazole rings is 1. The summed E-state index contributed by atoms with van der Waals surface area (Å²) in [4.78, 5) is 22.3. The molecular formula is C16H20N4O3. The Balaban J connectivity index is 1.62. The van der Waals surface area contributed by atoms with Crippen molar-refractivity contribution in [1.29, 1.82) is 0 Å². The fourth-order valence-electron chi connectivity index (χ4n) is 2.84. The molecule has 0 radical (unpaired) electrons. The molecule has 2 aromatic heterocycles. The first-order chi connectivity index (χ1) is 11.1. The first kappa shape index (κ1) is 15.5. The molecule has 122 valence electrons. The summed E-state index contributed by atoms with van der Waals surface area (Å²) in [6.07, 6.45) is 4.44. The smallest absolute Gasteiger partial charge is 0.289 e. The van der Waals surface area contributed by atoms with Crippen LogP contribution in [0.15, 0.2) is 35.2 Å². The number of aryl methyl sites for hydroxylation is 1. The Kier molecular flexibility index (Phi) is 4.29. The summed E-state index contributed by atoms with van der Waals surface area (Å²) in [5, 5.41) is 13.5. The van der Waals surface area contributed by atoms with E-state index in [4.69, 9.17) is 4.42 Å². The number of amides is 1. The number of aliphatic hydroxyl groups is 1. The zero-order valence-corrected chi connectivity index (χ0v) is 13.0. The lowest BCUT2D eigenvalue weighted by molar-refractivity contribution is 0.0251. The van der Waals surface area contributed by atoms with Crippen molar-refractivity contribution in [3.8, 4) is 0 Å². The Morgan fingerprint density at radius 1 is 1.48 bits per heavy atom. The highest BCUT2D eigenvalue weighted by molar-refractivity contribution is 5.92. The molecule has 2 N–H and O–H groups in total. The monoisotopic (exact) mass is 316 g/mol. The fraction of sp³-hybridized carbons (Fsp3) is 0.438. The van der Waals surface area contributed by atoms with Gasteiger partial charge in [0.15, 0.2) is 6.39 Å². The molecule has 0 aliphatic carbocycles. The Hall–Kier alpha value is -2.41. The van der Waals surface area contributed by atoms with E-state index in [1.807, 2.05) is 23.1 Å². The van der Waals surface area contributed by atoms with E-state index in [0.717, 1.165) is 18.8 Å². The zero-order chi connectivity index (χ0) is 16.3. The van der Waals surface area contributed by atoms with E-state index in [1.54, 1.807) is 13.1 Å². The van der Waals surface area contributed by atoms with E-state index >= 15 is 0 Å². The number of anilines is 1. The van der Waals surface area contributed by atoms with Crippen molar-refractivity contribution in [1.82, 2.24) is 15.3 Å². The van der Waals surface area contributed by atoms with Gasteiger partial charge in [-0.15, -0.1) is 0 Å². The summed E-state index contributed by atoms with van der Waals surface area (Å²) < 4.78 is 5.06. The maximum atomic E-state index is 12.1. The summed E-state index contributed by atoms with van der Waals surface area (Å²) in [5.41, 5.74) is -0.451. The van der Waals surface area contributed by atoms with Crippen molar-refractivity contribution >= 4 is 11.7 Å². The van der Waals surface area contributed by atoms with Crippen LogP contribution in [0, 0.1) is 6.92 Å². The number of pyridine rings is 1. The van der Waals surface area contributed by atoms with Gasteiger partial charge in [0.2, 0.25) is 5.76 Å². The molecule has 1 aliphatic rings. The largest absolute Gasteiger partial charge is 0.438 e. The van der Waals surface area contributed by atoms with Gasteiger partial charge in [0, 0.05) is 25.8 Å². The number of aromatic nitrogens is 2. The number of nitrogens with one attached hydrogen (secondary N) is 1. The molecule has 0 aromatic carbocycles. The molecule has 1 atom stereocenters. The van der Waals surface area contributed by atoms with Crippen LogP contribution in [0.4, 0.5) is 5.82 Å². The number of hydrogen-bond donors (Lipinski definition) is 2. The molecule has 1 fully saturated rings. The highest BCUT2D eigenvalue weighted by Gasteiger charge is 2.34. The summed E-state index contributed by atoms with van der Waals surface area (Å²) in [6.45, 7) is 3.14. The molecule has 7 heteroatoms. The van der Waals surface area contributed by atoms with Gasteiger partial charge in [-0.3, -0.25) is 4.79 Å². The van der Waals surface area contributed by atoms with Gasteiger partial charge in [-0.05, 0) is 31.9 Å². The van der Waals surface area contributed by atoms with Crippen molar-refractivity contribution in [2.24, 2.45) is 0 Å². The summed E-state index contributed by atoms with van der Waals surface area (Å²) in [6, 6.07) is 5.70. The highest BCUT2D eigenvalue weighted by atomic mass is 16.3. The normalized spacial score (nSPS) is 21.2. The van der Waals surface area contributed by atoms with Crippen molar-refractivity contribution in [2.45, 2.75) is 25.4 Å². The molecule has 1 saturated heterocycles. The first-order valence-electron chi connectivity index (χ1n) is 7.64. The summed E-state index contributed by atoms with van der Waals surface area (Å²) in [7, 11) is 0. The van der Waals surface area contributed by atoms with E-state index in [9.17, 15) is 9.90 Å². The molecule has 2 aromatic rings. The third-order valence-electron chi connectivity index (χ3n) is 4.06. The number of rotatable bonds is 4. The van der Waals surface area contributed by atoms with E-state index in [-0.39, 0.29) is 18.2 Å². The van der Waals surface area contributed by atoms with Crippen LogP contribution in [0.1, 0.15) is 29.1 Å². The minimum absolute atomic E-state index is 0.162. The Bertz CT molecular complexity index is 673. The first-order valence-corrected chi connectivity index (χ1v) is 7.64. The van der Waals surface area contributed by atoms with Gasteiger partial charge in [0.1, 0.15) is 5.82 Å². The quantitative estimate of drug-likeness (QED) is 0.879. The molecule has 3 heterocycles. The minimum Gasteiger partial charge on any atom is -0.438 e. The Labute approximate surface area is 134 Å². The molecule has 3 rings (SSSR count). The number of carbonyl (C=O) groups excluding carboxylic acids is 1. The molecule has 0 saturated carbocycles. The van der Waals surface area contributed by atoms with Crippen molar-refractivity contribution < 1.29 is 14.3 Å². The van der Waals surface area contributed by atoms with Crippen LogP contribution < -0.4 is 10.2 Å². The maximum Gasteiger partial charge on any atom is 0.289 e. The Morgan fingerprint density at radius 2 is 2.35 bits per heavy atom. The molecule has 0 spiro atoms. The SMILES string of the molecule is Cc1ncoc1C(=O)NCC1(O)CCCN(c2ccccn2)C1. The number of piperidine rings is 1. The van der Waals surface area contributed by atoms with Crippen LogP contribution in [-0.2, 0) is 0 Å². The average Bonchev–Trinajstić information content (AvgIpc) is 3.00. The third-order valence-corrected chi connectivity index (χ3v) is 4.06. The minimum atomic E-state index is -0.987. The molecule has 1 amide bonds. The molecule has 1 aliphatic heterocycles. The molecule has 0 bridgehead atoms. The second kappa shape index (κ2) is 6.37. The predicted molar refractivity (Wildman–Crippen MR) is 84.2 cm³/mol. The number of nitrogens with zero attached hydrogens (tertiary/aromatic N) is 3. The second-order valence-electron chi connectivity index (χ2n) is 5.89. The zero-order valence-electron chi connectivity index (χ0n) is 13.0. The van der Waals surface area contributed by atoms with Crippen molar-refractivity contribution in [3.63, 3.8) is 0 Å². The maximum absolute atomic E-state index is 12.1. The van der Waals surface area contributed by atoms with Gasteiger partial charge >= 0.3 is 0 Å². The third kappa shape index (κ3) is 3.50. The number of β-amino-alcohol motifs (C(OH)–C–C–N with tert-alkyl or cyclic N) is 1. The van der Waals surface area contributed by atoms with Crippen LogP contribution in [0.2, 0.25) is 0 Å². The second-order valence-corrected chi connectivity index (χ2v) is 5.89. The fourth-order valence-corrected chi connectivity index (χ4v) is 2.84. The lowest BCUT2D eigenvalue weighted by Crippen LogP contribution is -2.54. The lowest BCUT2D eigenvalue weighted by Gasteiger charge is -2.39. The number of carbonyl (C=O) groups is 1. The van der Waals surface area contributed by atoms with Gasteiger partial charge in [-0.25, -0.2) is 9.97 Å². The standard InChI is InChI=1S/C16H20N4O3/c1-12-14(23-11-19-12)15(21)18-9-16(22)6-4-8-20(10-16)13-5-2-3-7-17-13/h2-3,5,7,11,22H,4,6,8-10H2,1H3,(H,18,21). The van der Waals surface area contributed by atoms with E-state index in [0.29, 0.717) is 18.7 Å². The van der Waals surface area contributed by atoms with Gasteiger partial charge in [-0.1, -0.05) is 6.07 Å². The Morgan fingerprint density at radius 3 is 3.04 bits per heavy atom. The van der Waals surface area contributed by atoms with Crippen molar-refractivity contribution in [2.75, 3.05) is 24.5 Å². The van der Waals surface area contributed by atoms with Crippen LogP contribution in [0.3, 0.4) is 0 Å². The summed E-state index contributed by atoms with van der Waals surface area (Å²) in [5.74, 6) is 0.664. The van der Waals surface area contributed by atoms with Crippen LogP contribution >= 0.6 is 0 Å². The van der Waals surface area contributed by atoms with Gasteiger partial charge in [-0.2, -0.15) is 0 Å². The average molecular weight is 316 g/mol.